The maximum absolute atomic E-state index is 15.2. The number of fused-ring (bicyclic) bond motifs is 7. The largest absolute Gasteiger partial charge is 0.519 e. The lowest BCUT2D eigenvalue weighted by Crippen LogP contribution is -2.68. The van der Waals surface area contributed by atoms with Gasteiger partial charge in [0.05, 0.1) is 31.7 Å². The van der Waals surface area contributed by atoms with Crippen LogP contribution in [-0.4, -0.2) is 56.7 Å². The van der Waals surface area contributed by atoms with Gasteiger partial charge in [-0.1, -0.05) is 63.6 Å². The Balaban J connectivity index is 1.18. The molecule has 1 aromatic carbocycles. The normalized spacial score (nSPS) is 37.1. The van der Waals surface area contributed by atoms with Gasteiger partial charge < -0.3 is 32.5 Å². The second kappa shape index (κ2) is 16.3. The second-order valence-electron chi connectivity index (χ2n) is 20.0. The molecule has 0 bridgehead atoms. The third-order valence-corrected chi connectivity index (χ3v) is 16.6. The molecule has 10 atom stereocenters. The Morgan fingerprint density at radius 3 is 2.22 bits per heavy atom. The molecule has 7 rings (SSSR count). The second-order valence-corrected chi connectivity index (χ2v) is 20.0. The Bertz CT molecular complexity index is 2050. The lowest BCUT2D eigenvalue weighted by Gasteiger charge is -2.70. The minimum absolute atomic E-state index is 0.00162. The van der Waals surface area contributed by atoms with E-state index in [2.05, 4.69) is 27.7 Å². The summed E-state index contributed by atoms with van der Waals surface area (Å²) in [6, 6.07) is 9.74. The van der Waals surface area contributed by atoms with Crippen molar-refractivity contribution in [3.8, 4) is 0 Å². The van der Waals surface area contributed by atoms with E-state index >= 15 is 4.79 Å². The fourth-order valence-electron chi connectivity index (χ4n) is 12.8. The zero-order chi connectivity index (χ0) is 43.3. The third-order valence-electron chi connectivity index (χ3n) is 16.6. The van der Waals surface area contributed by atoms with Crippen LogP contribution in [0.15, 0.2) is 55.6 Å². The molecule has 1 aromatic heterocycles. The van der Waals surface area contributed by atoms with Gasteiger partial charge in [0.2, 0.25) is 0 Å². The van der Waals surface area contributed by atoms with Gasteiger partial charge in [0.1, 0.15) is 18.1 Å². The van der Waals surface area contributed by atoms with E-state index in [1.165, 1.54) is 5.57 Å². The Morgan fingerprint density at radius 2 is 1.52 bits per heavy atom. The molecule has 4 saturated carbocycles. The Labute approximate surface area is 353 Å². The summed E-state index contributed by atoms with van der Waals surface area (Å²) >= 11 is 0. The number of ketones is 1. The highest BCUT2D eigenvalue weighted by Crippen LogP contribution is 2.75. The molecule has 12 nitrogen and oxygen atoms in total. The number of carbonyl (C=O) groups excluding carboxylic acids is 4. The zero-order valence-corrected chi connectivity index (χ0v) is 36.8. The molecule has 0 N–H and O–H groups in total. The van der Waals surface area contributed by atoms with Gasteiger partial charge in [-0.05, 0) is 124 Å². The van der Waals surface area contributed by atoms with E-state index in [0.717, 1.165) is 31.2 Å². The minimum Gasteiger partial charge on any atom is -0.461 e. The predicted molar refractivity (Wildman–Crippen MR) is 219 cm³/mol. The van der Waals surface area contributed by atoms with Crippen LogP contribution >= 0.6 is 0 Å². The number of hydrogen-bond donors (Lipinski definition) is 0. The highest BCUT2D eigenvalue weighted by molar-refractivity contribution is 5.96. The van der Waals surface area contributed by atoms with Crippen LogP contribution in [0.5, 0.6) is 0 Å². The molecule has 5 aliphatic rings. The van der Waals surface area contributed by atoms with Crippen molar-refractivity contribution >= 4 is 23.7 Å². The molecule has 0 unspecified atom stereocenters. The Kier molecular flexibility index (Phi) is 12.0. The molecule has 0 radical (unpaired) electrons. The van der Waals surface area contributed by atoms with E-state index in [0.29, 0.717) is 45.3 Å². The van der Waals surface area contributed by atoms with Gasteiger partial charge in [-0.15, -0.1) is 0 Å². The van der Waals surface area contributed by atoms with Gasteiger partial charge in [0.25, 0.3) is 0 Å². The third kappa shape index (κ3) is 7.41. The molecule has 328 valence electrons. The van der Waals surface area contributed by atoms with Crippen LogP contribution in [0.4, 0.5) is 0 Å². The van der Waals surface area contributed by atoms with Gasteiger partial charge >= 0.3 is 23.7 Å². The van der Waals surface area contributed by atoms with Crippen LogP contribution in [0.3, 0.4) is 0 Å². The molecule has 1 heterocycles. The number of allylic oxidation sites excluding steroid dienone is 2. The molecular formula is C48H64O12. The molecule has 4 fully saturated rings. The molecule has 12 heteroatoms. The Hall–Kier alpha value is -4.03. The number of aryl methyl sites for hydroxylation is 1. The van der Waals surface area contributed by atoms with Gasteiger partial charge in [-0.2, -0.15) is 0 Å². The molecule has 60 heavy (non-hydrogen) atoms. The summed E-state index contributed by atoms with van der Waals surface area (Å²) in [4.78, 5) is 68.9. The van der Waals surface area contributed by atoms with E-state index in [1.54, 1.807) is 14.0 Å². The summed E-state index contributed by atoms with van der Waals surface area (Å²) in [5.41, 5.74) is -1.41. The van der Waals surface area contributed by atoms with Crippen molar-refractivity contribution in [1.82, 2.24) is 0 Å². The average molecular weight is 833 g/mol. The first kappa shape index (κ1) is 44.0. The first-order valence-electron chi connectivity index (χ1n) is 21.8. The number of carbonyl (C=O) groups is 4. The SMILES string of the molecule is COCCOCCC(=O)O[C@H]1CC[C@@]2(C)[C@@H](CC[C@]3(C)[C@@H]2C(=O)C=C2[C@@H]4C[C@@](C)(C(=O)OCc5ccccc5)CC[C@]4(C)CC[C@]23C)[C@]1(C)C(=O)OCc1oc(=O)oc1C. The van der Waals surface area contributed by atoms with Crippen LogP contribution < -0.4 is 5.82 Å². The van der Waals surface area contributed by atoms with Crippen LogP contribution in [0, 0.1) is 57.2 Å². The lowest BCUT2D eigenvalue weighted by molar-refractivity contribution is -0.224. The van der Waals surface area contributed by atoms with Crippen LogP contribution in [-0.2, 0) is 56.1 Å². The smallest absolute Gasteiger partial charge is 0.461 e. The number of ether oxygens (including phenoxy) is 5. The first-order chi connectivity index (χ1) is 28.3. The molecule has 0 spiro atoms. The van der Waals surface area contributed by atoms with Crippen LogP contribution in [0.25, 0.3) is 0 Å². The van der Waals surface area contributed by atoms with E-state index < -0.39 is 51.4 Å². The number of benzene rings is 1. The number of methoxy groups -OCH3 is 1. The summed E-state index contributed by atoms with van der Waals surface area (Å²) in [5, 5.41) is 0. The maximum Gasteiger partial charge on any atom is 0.519 e. The number of rotatable bonds is 13. The number of hydrogen-bond acceptors (Lipinski definition) is 12. The summed E-state index contributed by atoms with van der Waals surface area (Å²) in [7, 11) is 1.57. The standard InChI is InChI=1S/C48H64O12/c1-30-35(59-42(53)58-30)29-57-41(52)48(7)36-14-18-47(6)39(45(36,4)17-15-37(48)60-38(50)16-23-55-25-24-54-8)34(49)26-32-33-27-44(3,20-19-43(33,2)21-22-46(32,47)5)40(51)56-28-31-12-10-9-11-13-31/h9-13,26,33,36-37,39H,14-25,27-29H2,1-8H3/t33-,36+,37-,39+,43+,44-,45-,46+,47+,48-/m0/s1. The monoisotopic (exact) mass is 832 g/mol. The molecule has 0 aliphatic heterocycles. The zero-order valence-electron chi connectivity index (χ0n) is 36.8. The van der Waals surface area contributed by atoms with Crippen molar-refractivity contribution in [2.45, 2.75) is 132 Å². The van der Waals surface area contributed by atoms with Crippen molar-refractivity contribution in [3.63, 3.8) is 0 Å². The molecule has 2 aromatic rings. The summed E-state index contributed by atoms with van der Waals surface area (Å²) in [6.45, 7) is 15.3. The fourth-order valence-corrected chi connectivity index (χ4v) is 12.8. The first-order valence-corrected chi connectivity index (χ1v) is 21.8. The Morgan fingerprint density at radius 1 is 0.800 bits per heavy atom. The van der Waals surface area contributed by atoms with Crippen molar-refractivity contribution in [2.75, 3.05) is 26.9 Å². The van der Waals surface area contributed by atoms with Crippen LogP contribution in [0.1, 0.15) is 123 Å². The van der Waals surface area contributed by atoms with Crippen molar-refractivity contribution in [3.05, 3.63) is 69.7 Å². The van der Waals surface area contributed by atoms with E-state index in [4.69, 9.17) is 32.5 Å². The van der Waals surface area contributed by atoms with Crippen molar-refractivity contribution in [1.29, 1.82) is 0 Å². The summed E-state index contributed by atoms with van der Waals surface area (Å²) in [6.07, 6.45) is 7.44. The highest BCUT2D eigenvalue weighted by atomic mass is 16.6. The molecule has 5 aliphatic carbocycles. The maximum atomic E-state index is 15.2. The molecular weight excluding hydrogens is 769 g/mol. The quantitative estimate of drug-likeness (QED) is 0.108. The topological polar surface area (TPSA) is 158 Å². The molecule has 0 saturated heterocycles. The van der Waals surface area contributed by atoms with Gasteiger partial charge in [0, 0.05) is 13.0 Å². The lowest BCUT2D eigenvalue weighted by atomic mass is 9.33. The predicted octanol–water partition coefficient (Wildman–Crippen LogP) is 8.25. The van der Waals surface area contributed by atoms with E-state index in [-0.39, 0.29) is 72.2 Å². The van der Waals surface area contributed by atoms with E-state index in [1.807, 2.05) is 50.3 Å². The van der Waals surface area contributed by atoms with Crippen molar-refractivity contribution < 1.29 is 51.7 Å². The van der Waals surface area contributed by atoms with Gasteiger partial charge in [-0.3, -0.25) is 19.2 Å². The summed E-state index contributed by atoms with van der Waals surface area (Å²) < 4.78 is 38.8. The van der Waals surface area contributed by atoms with E-state index in [9.17, 15) is 19.2 Å². The van der Waals surface area contributed by atoms with Crippen molar-refractivity contribution in [2.24, 2.45) is 50.2 Å². The van der Waals surface area contributed by atoms with Gasteiger partial charge in [-0.25, -0.2) is 4.79 Å². The molecule has 0 amide bonds. The van der Waals surface area contributed by atoms with Crippen LogP contribution in [0.2, 0.25) is 0 Å². The average Bonchev–Trinajstić information content (AvgIpc) is 3.54. The fraction of sp³-hybridized carbons (Fsp3) is 0.688. The van der Waals surface area contributed by atoms with Gasteiger partial charge in [0.15, 0.2) is 23.9 Å². The highest BCUT2D eigenvalue weighted by Gasteiger charge is 2.72. The summed E-state index contributed by atoms with van der Waals surface area (Å²) in [5.74, 6) is -2.53. The minimum atomic E-state index is -1.33. The number of esters is 3.